The normalized spacial score (nSPS) is 13.6. The van der Waals surface area contributed by atoms with E-state index in [1.54, 1.807) is 35.4 Å². The fourth-order valence-electron chi connectivity index (χ4n) is 1.95. The van der Waals surface area contributed by atoms with E-state index in [9.17, 15) is 0 Å². The van der Waals surface area contributed by atoms with Gasteiger partial charge in [-0.2, -0.15) is 29.3 Å². The predicted octanol–water partition coefficient (Wildman–Crippen LogP) is -1.66. The van der Waals surface area contributed by atoms with Crippen LogP contribution in [0.15, 0.2) is 36.4 Å². The Kier molecular flexibility index (Phi) is 15.8. The van der Waals surface area contributed by atoms with Crippen molar-refractivity contribution in [2.24, 2.45) is 0 Å². The van der Waals surface area contributed by atoms with Crippen molar-refractivity contribution in [2.75, 3.05) is 0 Å². The van der Waals surface area contributed by atoms with Crippen LogP contribution in [0.3, 0.4) is 0 Å². The number of hydrogen-bond donors (Lipinski definition) is 0. The van der Waals surface area contributed by atoms with Gasteiger partial charge in [-0.3, -0.25) is 6.08 Å². The number of rotatable bonds is 0. The van der Waals surface area contributed by atoms with E-state index in [2.05, 4.69) is 44.2 Å². The van der Waals surface area contributed by atoms with Crippen molar-refractivity contribution in [3.8, 4) is 0 Å². The maximum atomic E-state index is 2.99. The minimum atomic E-state index is 0. The van der Waals surface area contributed by atoms with Gasteiger partial charge in [-0.1, -0.05) is 25.7 Å². The van der Waals surface area contributed by atoms with Crippen molar-refractivity contribution in [1.29, 1.82) is 0 Å². The van der Waals surface area contributed by atoms with Gasteiger partial charge in [0.05, 0.1) is 0 Å². The van der Waals surface area contributed by atoms with Gasteiger partial charge in [0.1, 0.15) is 0 Å². The smallest absolute Gasteiger partial charge is 0.0512 e. The fraction of sp³-hybridized carbons (Fsp3) is 0.412. The summed E-state index contributed by atoms with van der Waals surface area (Å²) in [5.74, 6) is 0. The Bertz CT molecular complexity index is 382. The van der Waals surface area contributed by atoms with Gasteiger partial charge in [-0.25, -0.2) is 18.2 Å². The Labute approximate surface area is 151 Å². The topological polar surface area (TPSA) is 0 Å². The molecule has 0 fully saturated rings. The maximum absolute atomic E-state index is 2.99. The molecular formula is C17H22Cl2Zr-2. The molecule has 0 radical (unpaired) electrons. The molecule has 0 unspecified atom stereocenters. The number of allylic oxidation sites excluding steroid dienone is 4. The van der Waals surface area contributed by atoms with E-state index in [0.717, 1.165) is 6.42 Å². The second kappa shape index (κ2) is 14.1. The molecule has 0 aromatic heterocycles. The third-order valence-electron chi connectivity index (χ3n) is 2.74. The van der Waals surface area contributed by atoms with Crippen LogP contribution in [-0.2, 0) is 37.1 Å². The van der Waals surface area contributed by atoms with Crippen molar-refractivity contribution in [1.82, 2.24) is 0 Å². The van der Waals surface area contributed by atoms with Gasteiger partial charge < -0.3 is 24.8 Å². The molecule has 0 spiro atoms. The number of hydrogen-bond acceptors (Lipinski definition) is 0. The van der Waals surface area contributed by atoms with Gasteiger partial charge in [0.25, 0.3) is 0 Å². The van der Waals surface area contributed by atoms with Crippen molar-refractivity contribution < 1.29 is 49.0 Å². The largest absolute Gasteiger partial charge is 1.00 e. The van der Waals surface area contributed by atoms with Gasteiger partial charge >= 0.3 is 41.3 Å². The fourth-order valence-corrected chi connectivity index (χ4v) is 1.95. The molecule has 1 aromatic rings. The van der Waals surface area contributed by atoms with Crippen LogP contribution in [0.4, 0.5) is 0 Å². The zero-order valence-electron chi connectivity index (χ0n) is 12.3. The standard InChI is InChI=1S/C9H11.C5H5.C3H6.2ClH.Zr/c1-2-5-9-7-3-6-8(9)4-1;1-2-4-5-3-1;1-3-2;;;/h3,6-7H,1-2,4-5H2;1-3H,4H2;1-2H3;2*1H;/q2*-1;;;;+2/p-2. The molecule has 3 rings (SSSR count). The SMILES string of the molecule is C[C](C)=[Zr+2].[C-]1=CC=CC1.[Cl-].[Cl-].c1cc2c([cH-]1)CCCC2. The molecule has 1 aromatic carbocycles. The molecule has 0 saturated heterocycles. The van der Waals surface area contributed by atoms with E-state index in [4.69, 9.17) is 0 Å². The summed E-state index contributed by atoms with van der Waals surface area (Å²) in [5, 5.41) is 0. The molecule has 0 heterocycles. The molecule has 110 valence electrons. The van der Waals surface area contributed by atoms with Crippen molar-refractivity contribution in [3.05, 3.63) is 53.6 Å². The average molecular weight is 388 g/mol. The van der Waals surface area contributed by atoms with Gasteiger partial charge in [0.2, 0.25) is 0 Å². The summed E-state index contributed by atoms with van der Waals surface area (Å²) in [7, 11) is 0. The molecular weight excluding hydrogens is 366 g/mol. The number of fused-ring (bicyclic) bond motifs is 1. The van der Waals surface area contributed by atoms with E-state index in [1.807, 2.05) is 12.2 Å². The Morgan fingerprint density at radius 1 is 1.20 bits per heavy atom. The van der Waals surface area contributed by atoms with Crippen LogP contribution in [0.5, 0.6) is 0 Å². The molecule has 0 nitrogen and oxygen atoms in total. The first-order valence-corrected chi connectivity index (χ1v) is 7.90. The van der Waals surface area contributed by atoms with Crippen LogP contribution in [-0.4, -0.2) is 3.21 Å². The van der Waals surface area contributed by atoms with Crippen LogP contribution in [0, 0.1) is 6.08 Å². The first-order valence-electron chi connectivity index (χ1n) is 6.67. The third-order valence-corrected chi connectivity index (χ3v) is 2.74. The second-order valence-corrected chi connectivity index (χ2v) is 7.24. The summed E-state index contributed by atoms with van der Waals surface area (Å²) in [6.45, 7) is 4.25. The first kappa shape index (κ1) is 22.4. The van der Waals surface area contributed by atoms with E-state index in [1.165, 1.54) is 28.9 Å². The second-order valence-electron chi connectivity index (χ2n) is 4.79. The predicted molar refractivity (Wildman–Crippen MR) is 76.6 cm³/mol. The van der Waals surface area contributed by atoms with Gasteiger partial charge in [-0.15, -0.1) is 6.42 Å². The Morgan fingerprint density at radius 2 is 1.85 bits per heavy atom. The number of halogens is 2. The van der Waals surface area contributed by atoms with Gasteiger partial charge in [0, 0.05) is 0 Å². The molecule has 3 heteroatoms. The first-order chi connectivity index (χ1) is 8.70. The molecule has 0 atom stereocenters. The Morgan fingerprint density at radius 3 is 2.30 bits per heavy atom. The monoisotopic (exact) mass is 386 g/mol. The van der Waals surface area contributed by atoms with Crippen molar-refractivity contribution in [2.45, 2.75) is 46.0 Å². The van der Waals surface area contributed by atoms with Gasteiger partial charge in [-0.05, 0) is 0 Å². The van der Waals surface area contributed by atoms with E-state index in [-0.39, 0.29) is 24.8 Å². The summed E-state index contributed by atoms with van der Waals surface area (Å²) in [6, 6.07) is 6.69. The molecule has 0 amide bonds. The minimum absolute atomic E-state index is 0. The quantitative estimate of drug-likeness (QED) is 0.467. The van der Waals surface area contributed by atoms with Crippen molar-refractivity contribution in [3.63, 3.8) is 0 Å². The summed E-state index contributed by atoms with van der Waals surface area (Å²) in [4.78, 5) is 0. The van der Waals surface area contributed by atoms with Crippen LogP contribution >= 0.6 is 0 Å². The summed E-state index contributed by atoms with van der Waals surface area (Å²) in [5.41, 5.74) is 3.20. The average Bonchev–Trinajstić information content (AvgIpc) is 3.03. The summed E-state index contributed by atoms with van der Waals surface area (Å²) in [6.07, 6.45) is 15.4. The van der Waals surface area contributed by atoms with Crippen LogP contribution in [0.25, 0.3) is 0 Å². The van der Waals surface area contributed by atoms with E-state index >= 15 is 0 Å². The molecule has 0 N–H and O–H groups in total. The van der Waals surface area contributed by atoms with E-state index < -0.39 is 0 Å². The molecule has 20 heavy (non-hydrogen) atoms. The minimum Gasteiger partial charge on any atom is -1.00 e. The molecule has 2 aliphatic carbocycles. The van der Waals surface area contributed by atoms with Crippen LogP contribution in [0.2, 0.25) is 0 Å². The maximum Gasteiger partial charge on any atom is -0.0512 e. The Balaban J connectivity index is 0. The Hall–Kier alpha value is 0.163. The molecule has 2 aliphatic rings. The molecule has 0 saturated carbocycles. The molecule has 0 aliphatic heterocycles. The summed E-state index contributed by atoms with van der Waals surface area (Å²) < 4.78 is 1.51. The van der Waals surface area contributed by atoms with Gasteiger partial charge in [0.15, 0.2) is 0 Å². The van der Waals surface area contributed by atoms with E-state index in [0.29, 0.717) is 0 Å². The van der Waals surface area contributed by atoms with Crippen LogP contribution in [0.1, 0.15) is 44.2 Å². The zero-order valence-corrected chi connectivity index (χ0v) is 16.2. The summed E-state index contributed by atoms with van der Waals surface area (Å²) >= 11 is 1.55. The van der Waals surface area contributed by atoms with Crippen LogP contribution < -0.4 is 24.8 Å². The third kappa shape index (κ3) is 10.9. The van der Waals surface area contributed by atoms with Crippen molar-refractivity contribution >= 4 is 3.21 Å². The molecule has 0 bridgehead atoms. The number of aryl methyl sites for hydroxylation is 2. The zero-order chi connectivity index (χ0) is 13.2.